The van der Waals surface area contributed by atoms with E-state index in [1.807, 2.05) is 0 Å². The highest BCUT2D eigenvalue weighted by molar-refractivity contribution is 7.99. The molecule has 1 amide bonds. The lowest BCUT2D eigenvalue weighted by atomic mass is 10.2. The maximum atomic E-state index is 12.2. The molecular formula is C13H18N2O4S2. The quantitative estimate of drug-likeness (QED) is 0.817. The van der Waals surface area contributed by atoms with Crippen molar-refractivity contribution in [3.63, 3.8) is 0 Å². The monoisotopic (exact) mass is 330 g/mol. The van der Waals surface area contributed by atoms with Crippen molar-refractivity contribution in [2.24, 2.45) is 0 Å². The van der Waals surface area contributed by atoms with E-state index in [0.29, 0.717) is 18.8 Å². The van der Waals surface area contributed by atoms with E-state index in [9.17, 15) is 13.2 Å². The van der Waals surface area contributed by atoms with E-state index in [1.165, 1.54) is 14.0 Å². The molecule has 0 unspecified atom stereocenters. The van der Waals surface area contributed by atoms with Gasteiger partial charge in [-0.2, -0.15) is 0 Å². The van der Waals surface area contributed by atoms with Gasteiger partial charge in [-0.25, -0.2) is 13.1 Å². The van der Waals surface area contributed by atoms with Gasteiger partial charge in [0, 0.05) is 37.8 Å². The number of methoxy groups -OCH3 is 1. The number of rotatable bonds is 5. The van der Waals surface area contributed by atoms with Crippen molar-refractivity contribution in [1.29, 1.82) is 0 Å². The SMILES string of the molecule is COCCNS(=O)(=O)c1ccc2c(c1)N(C(C)=O)CCS2. The fourth-order valence-corrected chi connectivity index (χ4v) is 4.06. The predicted octanol–water partition coefficient (Wildman–Crippen LogP) is 1.07. The standard InChI is InChI=1S/C13H18N2O4S2/c1-10(16)15-6-8-20-13-4-3-11(9-12(13)15)21(17,18)14-5-7-19-2/h3-4,9,14H,5-8H2,1-2H3. The molecule has 0 saturated heterocycles. The molecule has 116 valence electrons. The summed E-state index contributed by atoms with van der Waals surface area (Å²) in [6, 6.07) is 4.86. The van der Waals surface area contributed by atoms with E-state index in [2.05, 4.69) is 4.72 Å². The Labute approximate surface area is 128 Å². The molecule has 0 aromatic heterocycles. The van der Waals surface area contributed by atoms with E-state index in [1.54, 1.807) is 34.9 Å². The number of carbonyl (C=O) groups excluding carboxylic acids is 1. The van der Waals surface area contributed by atoms with Crippen LogP contribution < -0.4 is 9.62 Å². The molecule has 1 N–H and O–H groups in total. The molecule has 0 aliphatic carbocycles. The second kappa shape index (κ2) is 6.78. The van der Waals surface area contributed by atoms with Crippen molar-refractivity contribution in [2.75, 3.05) is 37.5 Å². The zero-order valence-electron chi connectivity index (χ0n) is 12.0. The molecule has 1 aliphatic heterocycles. The van der Waals surface area contributed by atoms with Crippen molar-refractivity contribution < 1.29 is 17.9 Å². The maximum Gasteiger partial charge on any atom is 0.240 e. The molecule has 0 radical (unpaired) electrons. The summed E-state index contributed by atoms with van der Waals surface area (Å²) in [6.45, 7) is 2.59. The summed E-state index contributed by atoms with van der Waals surface area (Å²) in [5.74, 6) is 0.726. The number of ether oxygens (including phenoxy) is 1. The van der Waals surface area contributed by atoms with Crippen LogP contribution in [0.3, 0.4) is 0 Å². The molecule has 0 spiro atoms. The van der Waals surface area contributed by atoms with Crippen LogP contribution in [-0.4, -0.2) is 46.9 Å². The fraction of sp³-hybridized carbons (Fsp3) is 0.462. The molecule has 0 bridgehead atoms. The Balaban J connectivity index is 2.31. The first-order chi connectivity index (χ1) is 9.95. The number of fused-ring (bicyclic) bond motifs is 1. The minimum absolute atomic E-state index is 0.0848. The Kier molecular flexibility index (Phi) is 5.26. The smallest absolute Gasteiger partial charge is 0.240 e. The van der Waals surface area contributed by atoms with E-state index in [4.69, 9.17) is 4.74 Å². The Hall–Kier alpha value is -1.09. The molecule has 0 fully saturated rings. The van der Waals surface area contributed by atoms with Gasteiger partial charge in [0.05, 0.1) is 17.2 Å². The summed E-state index contributed by atoms with van der Waals surface area (Å²) < 4.78 is 31.7. The number of sulfonamides is 1. The van der Waals surface area contributed by atoms with Gasteiger partial charge in [-0.3, -0.25) is 4.79 Å². The highest BCUT2D eigenvalue weighted by Gasteiger charge is 2.23. The van der Waals surface area contributed by atoms with Crippen LogP contribution in [0.25, 0.3) is 0 Å². The molecular weight excluding hydrogens is 312 g/mol. The third-order valence-electron chi connectivity index (χ3n) is 3.08. The third-order valence-corrected chi connectivity index (χ3v) is 5.58. The highest BCUT2D eigenvalue weighted by atomic mass is 32.2. The average molecular weight is 330 g/mol. The third kappa shape index (κ3) is 3.76. The molecule has 0 atom stereocenters. The van der Waals surface area contributed by atoms with Crippen LogP contribution in [0.2, 0.25) is 0 Å². The first kappa shape index (κ1) is 16.3. The number of nitrogens with zero attached hydrogens (tertiary/aromatic N) is 1. The number of anilines is 1. The van der Waals surface area contributed by atoms with E-state index >= 15 is 0 Å². The van der Waals surface area contributed by atoms with Crippen molar-refractivity contribution in [2.45, 2.75) is 16.7 Å². The first-order valence-corrected chi connectivity index (χ1v) is 8.96. The molecule has 21 heavy (non-hydrogen) atoms. The van der Waals surface area contributed by atoms with E-state index in [-0.39, 0.29) is 17.3 Å². The van der Waals surface area contributed by atoms with Gasteiger partial charge in [0.1, 0.15) is 0 Å². The summed E-state index contributed by atoms with van der Waals surface area (Å²) in [5, 5.41) is 0. The van der Waals surface area contributed by atoms with E-state index in [0.717, 1.165) is 10.6 Å². The molecule has 1 heterocycles. The average Bonchev–Trinajstić information content (AvgIpc) is 2.46. The van der Waals surface area contributed by atoms with Gasteiger partial charge in [-0.15, -0.1) is 11.8 Å². The summed E-state index contributed by atoms with van der Waals surface area (Å²) >= 11 is 1.62. The van der Waals surface area contributed by atoms with Crippen molar-refractivity contribution in [3.8, 4) is 0 Å². The lowest BCUT2D eigenvalue weighted by Crippen LogP contribution is -2.34. The second-order valence-corrected chi connectivity index (χ2v) is 7.44. The van der Waals surface area contributed by atoms with E-state index < -0.39 is 10.0 Å². The molecule has 8 heteroatoms. The van der Waals surface area contributed by atoms with Crippen molar-refractivity contribution in [1.82, 2.24) is 4.72 Å². The number of carbonyl (C=O) groups is 1. The van der Waals surface area contributed by atoms with Gasteiger partial charge in [0.15, 0.2) is 0 Å². The number of nitrogens with one attached hydrogen (secondary N) is 1. The molecule has 2 rings (SSSR count). The second-order valence-electron chi connectivity index (χ2n) is 4.54. The maximum absolute atomic E-state index is 12.2. The number of hydrogen-bond acceptors (Lipinski definition) is 5. The summed E-state index contributed by atoms with van der Waals surface area (Å²) in [7, 11) is -2.08. The Morgan fingerprint density at radius 3 is 2.90 bits per heavy atom. The van der Waals surface area contributed by atoms with Crippen LogP contribution in [0, 0.1) is 0 Å². The Morgan fingerprint density at radius 1 is 1.48 bits per heavy atom. The number of amides is 1. The van der Waals surface area contributed by atoms with Crippen LogP contribution in [0.1, 0.15) is 6.92 Å². The van der Waals surface area contributed by atoms with Crippen LogP contribution >= 0.6 is 11.8 Å². The highest BCUT2D eigenvalue weighted by Crippen LogP contribution is 2.36. The zero-order chi connectivity index (χ0) is 15.5. The largest absolute Gasteiger partial charge is 0.383 e. The van der Waals surface area contributed by atoms with Crippen LogP contribution in [0.5, 0.6) is 0 Å². The minimum atomic E-state index is -3.59. The molecule has 6 nitrogen and oxygen atoms in total. The zero-order valence-corrected chi connectivity index (χ0v) is 13.6. The van der Waals surface area contributed by atoms with Crippen LogP contribution in [0.15, 0.2) is 28.0 Å². The normalized spacial score (nSPS) is 14.9. The van der Waals surface area contributed by atoms with Gasteiger partial charge in [-0.05, 0) is 18.2 Å². The number of thioether (sulfide) groups is 1. The van der Waals surface area contributed by atoms with Crippen LogP contribution in [0.4, 0.5) is 5.69 Å². The molecule has 1 aromatic rings. The predicted molar refractivity (Wildman–Crippen MR) is 82.3 cm³/mol. The summed E-state index contributed by atoms with van der Waals surface area (Å²) in [6.07, 6.45) is 0. The summed E-state index contributed by atoms with van der Waals surface area (Å²) in [5.41, 5.74) is 0.661. The van der Waals surface area contributed by atoms with Gasteiger partial charge in [-0.1, -0.05) is 0 Å². The molecule has 0 saturated carbocycles. The molecule has 1 aromatic carbocycles. The minimum Gasteiger partial charge on any atom is -0.383 e. The lowest BCUT2D eigenvalue weighted by molar-refractivity contribution is -0.116. The first-order valence-electron chi connectivity index (χ1n) is 6.49. The van der Waals surface area contributed by atoms with Gasteiger partial charge < -0.3 is 9.64 Å². The number of benzene rings is 1. The van der Waals surface area contributed by atoms with Crippen LogP contribution in [-0.2, 0) is 19.6 Å². The van der Waals surface area contributed by atoms with Gasteiger partial charge in [0.2, 0.25) is 15.9 Å². The van der Waals surface area contributed by atoms with Gasteiger partial charge in [0.25, 0.3) is 0 Å². The van der Waals surface area contributed by atoms with Crippen molar-refractivity contribution in [3.05, 3.63) is 18.2 Å². The Morgan fingerprint density at radius 2 is 2.24 bits per heavy atom. The number of hydrogen-bond donors (Lipinski definition) is 1. The molecule has 1 aliphatic rings. The Bertz CT molecular complexity index is 631. The lowest BCUT2D eigenvalue weighted by Gasteiger charge is -2.28. The van der Waals surface area contributed by atoms with Gasteiger partial charge >= 0.3 is 0 Å². The topological polar surface area (TPSA) is 75.7 Å². The fourth-order valence-electron chi connectivity index (χ4n) is 2.05. The summed E-state index contributed by atoms with van der Waals surface area (Å²) in [4.78, 5) is 14.4. The van der Waals surface area contributed by atoms with Crippen molar-refractivity contribution >= 4 is 33.4 Å².